The molecule has 0 aliphatic carbocycles. The average molecular weight is 350 g/mol. The molecule has 3 heterocycles. The fourth-order valence-corrected chi connectivity index (χ4v) is 3.48. The van der Waals surface area contributed by atoms with Crippen molar-refractivity contribution in [2.24, 2.45) is 0 Å². The van der Waals surface area contributed by atoms with Crippen LogP contribution in [0.25, 0.3) is 27.5 Å². The van der Waals surface area contributed by atoms with E-state index >= 15 is 0 Å². The number of aryl methyl sites for hydroxylation is 2. The molecule has 7 nitrogen and oxygen atoms in total. The van der Waals surface area contributed by atoms with E-state index in [1.165, 1.54) is 6.20 Å². The summed E-state index contributed by atoms with van der Waals surface area (Å²) in [6.07, 6.45) is 4.95. The SMILES string of the molecule is CCn1cc(-n2cc(C(=O)O)c3c4ccccc4n(CC)c(=O)c32)cn1. The predicted octanol–water partition coefficient (Wildman–Crippen LogP) is 2.88. The second-order valence-corrected chi connectivity index (χ2v) is 6.06. The van der Waals surface area contributed by atoms with Gasteiger partial charge in [-0.2, -0.15) is 5.10 Å². The fourth-order valence-electron chi connectivity index (χ4n) is 3.48. The zero-order valence-electron chi connectivity index (χ0n) is 14.5. The van der Waals surface area contributed by atoms with Crippen molar-refractivity contribution < 1.29 is 9.90 Å². The molecule has 4 aromatic rings. The van der Waals surface area contributed by atoms with Gasteiger partial charge in [-0.1, -0.05) is 18.2 Å². The Morgan fingerprint density at radius 1 is 1.15 bits per heavy atom. The number of benzene rings is 1. The number of carboxylic acids is 1. The molecule has 0 unspecified atom stereocenters. The lowest BCUT2D eigenvalue weighted by Gasteiger charge is -2.11. The number of para-hydroxylation sites is 1. The molecule has 0 saturated heterocycles. The van der Waals surface area contributed by atoms with Crippen LogP contribution >= 0.6 is 0 Å². The highest BCUT2D eigenvalue weighted by Gasteiger charge is 2.22. The molecule has 1 N–H and O–H groups in total. The number of carboxylic acid groups (broad SMARTS) is 1. The Bertz CT molecular complexity index is 1210. The second-order valence-electron chi connectivity index (χ2n) is 6.06. The van der Waals surface area contributed by atoms with Gasteiger partial charge in [0, 0.05) is 36.3 Å². The minimum Gasteiger partial charge on any atom is -0.478 e. The Morgan fingerprint density at radius 2 is 1.92 bits per heavy atom. The number of fused-ring (bicyclic) bond motifs is 3. The first kappa shape index (κ1) is 16.1. The van der Waals surface area contributed by atoms with E-state index in [9.17, 15) is 14.7 Å². The summed E-state index contributed by atoms with van der Waals surface area (Å²) in [7, 11) is 0. The summed E-state index contributed by atoms with van der Waals surface area (Å²) >= 11 is 0. The second kappa shape index (κ2) is 5.87. The van der Waals surface area contributed by atoms with E-state index in [-0.39, 0.29) is 11.1 Å². The van der Waals surface area contributed by atoms with Crippen molar-refractivity contribution in [3.05, 3.63) is 58.8 Å². The molecular weight excluding hydrogens is 332 g/mol. The Kier molecular flexibility index (Phi) is 3.64. The van der Waals surface area contributed by atoms with Gasteiger partial charge in [0.15, 0.2) is 0 Å². The number of hydrogen-bond acceptors (Lipinski definition) is 3. The minimum absolute atomic E-state index is 0.112. The third kappa shape index (κ3) is 2.17. The van der Waals surface area contributed by atoms with Crippen molar-refractivity contribution in [2.45, 2.75) is 26.9 Å². The van der Waals surface area contributed by atoms with Crippen molar-refractivity contribution in [3.8, 4) is 5.69 Å². The van der Waals surface area contributed by atoms with E-state index in [0.29, 0.717) is 29.7 Å². The molecule has 0 fully saturated rings. The number of pyridine rings is 1. The fraction of sp³-hybridized carbons (Fsp3) is 0.211. The first-order chi connectivity index (χ1) is 12.6. The van der Waals surface area contributed by atoms with E-state index in [0.717, 1.165) is 10.9 Å². The van der Waals surface area contributed by atoms with Crippen LogP contribution in [0.5, 0.6) is 0 Å². The summed E-state index contributed by atoms with van der Waals surface area (Å²) in [6, 6.07) is 7.40. The lowest BCUT2D eigenvalue weighted by Crippen LogP contribution is -2.21. The maximum absolute atomic E-state index is 13.2. The van der Waals surface area contributed by atoms with Gasteiger partial charge in [-0.3, -0.25) is 9.48 Å². The Hall–Kier alpha value is -3.35. The molecule has 132 valence electrons. The normalized spacial score (nSPS) is 11.5. The van der Waals surface area contributed by atoms with Gasteiger partial charge in [-0.15, -0.1) is 0 Å². The molecule has 0 aliphatic heterocycles. The first-order valence-corrected chi connectivity index (χ1v) is 8.49. The smallest absolute Gasteiger partial charge is 0.337 e. The molecule has 0 atom stereocenters. The third-order valence-corrected chi connectivity index (χ3v) is 4.69. The maximum atomic E-state index is 13.2. The van der Waals surface area contributed by atoms with Gasteiger partial charge in [0.1, 0.15) is 5.52 Å². The van der Waals surface area contributed by atoms with Crippen LogP contribution in [-0.4, -0.2) is 30.0 Å². The molecule has 7 heteroatoms. The van der Waals surface area contributed by atoms with Crippen molar-refractivity contribution in [1.82, 2.24) is 18.9 Å². The quantitative estimate of drug-likeness (QED) is 0.613. The van der Waals surface area contributed by atoms with E-state index in [1.54, 1.807) is 26.2 Å². The molecule has 3 aromatic heterocycles. The Balaban J connectivity index is 2.23. The highest BCUT2D eigenvalue weighted by molar-refractivity contribution is 6.15. The van der Waals surface area contributed by atoms with Gasteiger partial charge in [0.25, 0.3) is 5.56 Å². The monoisotopic (exact) mass is 350 g/mol. The number of aromatic carboxylic acids is 1. The number of hydrogen-bond donors (Lipinski definition) is 1. The lowest BCUT2D eigenvalue weighted by atomic mass is 10.1. The number of aromatic nitrogens is 4. The van der Waals surface area contributed by atoms with E-state index in [4.69, 9.17) is 0 Å². The first-order valence-electron chi connectivity index (χ1n) is 8.49. The summed E-state index contributed by atoms with van der Waals surface area (Å²) in [6.45, 7) is 5.05. The number of carbonyl (C=O) groups is 1. The van der Waals surface area contributed by atoms with Crippen LogP contribution in [0.1, 0.15) is 24.2 Å². The summed E-state index contributed by atoms with van der Waals surface area (Å²) in [5, 5.41) is 15.2. The maximum Gasteiger partial charge on any atom is 0.337 e. The molecule has 0 saturated carbocycles. The number of rotatable bonds is 4. The molecule has 0 spiro atoms. The van der Waals surface area contributed by atoms with Crippen LogP contribution in [0.15, 0.2) is 47.7 Å². The van der Waals surface area contributed by atoms with Gasteiger partial charge in [0.05, 0.1) is 23.0 Å². The summed E-state index contributed by atoms with van der Waals surface area (Å²) in [5.74, 6) is -1.06. The van der Waals surface area contributed by atoms with Crippen LogP contribution < -0.4 is 5.56 Å². The Morgan fingerprint density at radius 3 is 2.58 bits per heavy atom. The van der Waals surface area contributed by atoms with Crippen molar-refractivity contribution in [3.63, 3.8) is 0 Å². The summed E-state index contributed by atoms with van der Waals surface area (Å²) in [5.41, 5.74) is 1.66. The highest BCUT2D eigenvalue weighted by Crippen LogP contribution is 2.29. The van der Waals surface area contributed by atoms with Crippen LogP contribution in [0.2, 0.25) is 0 Å². The van der Waals surface area contributed by atoms with Gasteiger partial charge >= 0.3 is 5.97 Å². The Labute approximate surface area is 148 Å². The van der Waals surface area contributed by atoms with Crippen molar-refractivity contribution in [1.29, 1.82) is 0 Å². The zero-order chi connectivity index (χ0) is 18.4. The molecule has 0 aliphatic rings. The van der Waals surface area contributed by atoms with Crippen LogP contribution in [0, 0.1) is 0 Å². The van der Waals surface area contributed by atoms with Crippen molar-refractivity contribution in [2.75, 3.05) is 0 Å². The van der Waals surface area contributed by atoms with E-state index in [2.05, 4.69) is 5.10 Å². The average Bonchev–Trinajstić information content (AvgIpc) is 3.27. The summed E-state index contributed by atoms with van der Waals surface area (Å²) in [4.78, 5) is 25.1. The van der Waals surface area contributed by atoms with Gasteiger partial charge in [-0.25, -0.2) is 4.79 Å². The van der Waals surface area contributed by atoms with E-state index in [1.807, 2.05) is 38.1 Å². The highest BCUT2D eigenvalue weighted by atomic mass is 16.4. The van der Waals surface area contributed by atoms with Crippen molar-refractivity contribution >= 4 is 27.8 Å². The minimum atomic E-state index is -1.06. The van der Waals surface area contributed by atoms with Gasteiger partial charge < -0.3 is 14.2 Å². The van der Waals surface area contributed by atoms with Gasteiger partial charge in [0.2, 0.25) is 0 Å². The third-order valence-electron chi connectivity index (χ3n) is 4.69. The molecule has 26 heavy (non-hydrogen) atoms. The topological polar surface area (TPSA) is 82.0 Å². The molecule has 0 bridgehead atoms. The number of nitrogens with zero attached hydrogens (tertiary/aromatic N) is 4. The van der Waals surface area contributed by atoms with Crippen LogP contribution in [0.4, 0.5) is 0 Å². The largest absolute Gasteiger partial charge is 0.478 e. The predicted molar refractivity (Wildman–Crippen MR) is 99.1 cm³/mol. The molecule has 4 rings (SSSR count). The van der Waals surface area contributed by atoms with Crippen LogP contribution in [0.3, 0.4) is 0 Å². The van der Waals surface area contributed by atoms with Crippen LogP contribution in [-0.2, 0) is 13.1 Å². The molecule has 0 radical (unpaired) electrons. The lowest BCUT2D eigenvalue weighted by molar-refractivity contribution is 0.0699. The standard InChI is InChI=1S/C19H18N4O3/c1-3-21-10-12(9-20-21)23-11-14(19(25)26)16-13-7-5-6-8-15(13)22(4-2)18(24)17(16)23/h5-11H,3-4H2,1-2H3,(H,25,26). The van der Waals surface area contributed by atoms with Gasteiger partial charge in [-0.05, 0) is 19.9 Å². The molecule has 0 amide bonds. The summed E-state index contributed by atoms with van der Waals surface area (Å²) < 4.78 is 5.05. The zero-order valence-corrected chi connectivity index (χ0v) is 14.5. The van der Waals surface area contributed by atoms with E-state index < -0.39 is 5.97 Å². The molecule has 1 aromatic carbocycles. The molecular formula is C19H18N4O3.